The van der Waals surface area contributed by atoms with E-state index in [4.69, 9.17) is 0 Å². The number of ketones is 1. The van der Waals surface area contributed by atoms with Gasteiger partial charge in [0.1, 0.15) is 0 Å². The Labute approximate surface area is 133 Å². The Morgan fingerprint density at radius 3 is 2.82 bits per heavy atom. The minimum absolute atomic E-state index is 0.0119. The standard InChI is InChI=1S/C14H10N4O2S2/c19-10(8-11(20)14-15-17-18-16-14)13-12(6-7-21-13)22-9-4-2-1-3-5-9/h1-8,20H,(H,15,16,17,18). The minimum atomic E-state index is -0.317. The number of carbonyl (C=O) groups is 1. The van der Waals surface area contributed by atoms with Crippen LogP contribution in [0, 0.1) is 0 Å². The lowest BCUT2D eigenvalue weighted by atomic mass is 10.2. The maximum Gasteiger partial charge on any atom is 0.239 e. The number of thiophene rings is 1. The van der Waals surface area contributed by atoms with Crippen molar-refractivity contribution in [3.8, 4) is 0 Å². The van der Waals surface area contributed by atoms with Crippen molar-refractivity contribution in [3.05, 3.63) is 58.6 Å². The fraction of sp³-hybridized carbons (Fsp3) is 0. The average molecular weight is 330 g/mol. The van der Waals surface area contributed by atoms with Gasteiger partial charge in [-0.15, -0.1) is 21.5 Å². The molecule has 0 aliphatic carbocycles. The maximum absolute atomic E-state index is 12.3. The van der Waals surface area contributed by atoms with Crippen LogP contribution in [0.15, 0.2) is 57.6 Å². The number of aliphatic hydroxyl groups is 1. The molecule has 0 unspecified atom stereocenters. The normalized spacial score (nSPS) is 11.5. The van der Waals surface area contributed by atoms with E-state index in [2.05, 4.69) is 20.6 Å². The SMILES string of the molecule is O=C(C=C(O)c1nn[nH]n1)c1sccc1Sc1ccccc1. The molecule has 110 valence electrons. The third kappa shape index (κ3) is 3.23. The zero-order valence-electron chi connectivity index (χ0n) is 11.1. The zero-order valence-corrected chi connectivity index (χ0v) is 12.8. The van der Waals surface area contributed by atoms with Crippen LogP contribution in [-0.4, -0.2) is 31.5 Å². The van der Waals surface area contributed by atoms with Crippen LogP contribution in [0.4, 0.5) is 0 Å². The molecule has 2 heterocycles. The molecule has 0 bridgehead atoms. The third-order valence-corrected chi connectivity index (χ3v) is 4.79. The molecule has 0 aliphatic heterocycles. The third-order valence-electron chi connectivity index (χ3n) is 2.67. The Morgan fingerprint density at radius 2 is 2.09 bits per heavy atom. The van der Waals surface area contributed by atoms with Gasteiger partial charge >= 0.3 is 0 Å². The molecule has 0 saturated heterocycles. The lowest BCUT2D eigenvalue weighted by Gasteiger charge is -2.01. The molecule has 0 fully saturated rings. The van der Waals surface area contributed by atoms with E-state index in [1.165, 1.54) is 23.1 Å². The number of allylic oxidation sites excluding steroid dienone is 1. The van der Waals surface area contributed by atoms with Crippen LogP contribution in [0.1, 0.15) is 15.5 Å². The Kier molecular flexibility index (Phi) is 4.31. The van der Waals surface area contributed by atoms with Crippen LogP contribution in [0.5, 0.6) is 0 Å². The first-order valence-electron chi connectivity index (χ1n) is 6.23. The molecule has 0 amide bonds. The molecular formula is C14H10N4O2S2. The smallest absolute Gasteiger partial charge is 0.239 e. The first-order chi connectivity index (χ1) is 10.7. The van der Waals surface area contributed by atoms with Crippen molar-refractivity contribution in [3.63, 3.8) is 0 Å². The highest BCUT2D eigenvalue weighted by Crippen LogP contribution is 2.34. The highest BCUT2D eigenvalue weighted by atomic mass is 32.2. The molecule has 0 radical (unpaired) electrons. The van der Waals surface area contributed by atoms with E-state index in [1.54, 1.807) is 0 Å². The fourth-order valence-electron chi connectivity index (χ4n) is 1.70. The summed E-state index contributed by atoms with van der Waals surface area (Å²) in [6, 6.07) is 11.7. The lowest BCUT2D eigenvalue weighted by Crippen LogP contribution is -1.96. The monoisotopic (exact) mass is 330 g/mol. The van der Waals surface area contributed by atoms with E-state index in [-0.39, 0.29) is 17.4 Å². The van der Waals surface area contributed by atoms with Gasteiger partial charge in [0.25, 0.3) is 0 Å². The number of H-pyrrole nitrogens is 1. The molecule has 2 N–H and O–H groups in total. The van der Waals surface area contributed by atoms with Gasteiger partial charge in [-0.2, -0.15) is 5.21 Å². The molecular weight excluding hydrogens is 320 g/mol. The van der Waals surface area contributed by atoms with Crippen LogP contribution in [-0.2, 0) is 0 Å². The molecule has 0 saturated carbocycles. The summed E-state index contributed by atoms with van der Waals surface area (Å²) in [7, 11) is 0. The van der Waals surface area contributed by atoms with E-state index in [9.17, 15) is 9.90 Å². The topological polar surface area (TPSA) is 91.8 Å². The van der Waals surface area contributed by atoms with Gasteiger partial charge in [-0.25, -0.2) is 0 Å². The van der Waals surface area contributed by atoms with Crippen molar-refractivity contribution < 1.29 is 9.90 Å². The zero-order chi connectivity index (χ0) is 15.4. The van der Waals surface area contributed by atoms with E-state index >= 15 is 0 Å². The summed E-state index contributed by atoms with van der Waals surface area (Å²) < 4.78 is 0. The van der Waals surface area contributed by atoms with Gasteiger partial charge in [0.2, 0.25) is 11.6 Å². The van der Waals surface area contributed by atoms with Crippen molar-refractivity contribution >= 4 is 34.6 Å². The van der Waals surface area contributed by atoms with Crippen molar-refractivity contribution in [2.75, 3.05) is 0 Å². The highest BCUT2D eigenvalue weighted by molar-refractivity contribution is 7.99. The van der Waals surface area contributed by atoms with Crippen LogP contribution >= 0.6 is 23.1 Å². The molecule has 0 spiro atoms. The van der Waals surface area contributed by atoms with Gasteiger partial charge < -0.3 is 5.11 Å². The van der Waals surface area contributed by atoms with E-state index in [0.717, 1.165) is 15.9 Å². The number of aromatic nitrogens is 4. The number of rotatable bonds is 5. The Balaban J connectivity index is 1.82. The lowest BCUT2D eigenvalue weighted by molar-refractivity contribution is 0.104. The highest BCUT2D eigenvalue weighted by Gasteiger charge is 2.15. The van der Waals surface area contributed by atoms with Crippen LogP contribution in [0.25, 0.3) is 5.76 Å². The molecule has 1 aromatic carbocycles. The van der Waals surface area contributed by atoms with Crippen molar-refractivity contribution in [2.45, 2.75) is 9.79 Å². The summed E-state index contributed by atoms with van der Waals surface area (Å²) in [5.74, 6) is -0.624. The van der Waals surface area contributed by atoms with E-state index < -0.39 is 0 Å². The van der Waals surface area contributed by atoms with Gasteiger partial charge in [0.15, 0.2) is 5.76 Å². The molecule has 22 heavy (non-hydrogen) atoms. The van der Waals surface area contributed by atoms with Gasteiger partial charge in [-0.1, -0.05) is 30.0 Å². The number of carbonyl (C=O) groups excluding carboxylic acids is 1. The van der Waals surface area contributed by atoms with Crippen molar-refractivity contribution in [1.29, 1.82) is 0 Å². The molecule has 0 atom stereocenters. The van der Waals surface area contributed by atoms with Crippen LogP contribution < -0.4 is 0 Å². The second kappa shape index (κ2) is 6.54. The molecule has 8 heteroatoms. The van der Waals surface area contributed by atoms with Crippen molar-refractivity contribution in [1.82, 2.24) is 20.6 Å². The summed E-state index contributed by atoms with van der Waals surface area (Å²) in [5.41, 5.74) is 0. The minimum Gasteiger partial charge on any atom is -0.504 e. The van der Waals surface area contributed by atoms with Gasteiger partial charge in [-0.05, 0) is 28.8 Å². The van der Waals surface area contributed by atoms with E-state index in [1.807, 2.05) is 41.8 Å². The largest absolute Gasteiger partial charge is 0.504 e. The number of benzene rings is 1. The second-order valence-electron chi connectivity index (χ2n) is 4.16. The first kappa shape index (κ1) is 14.5. The number of nitrogens with zero attached hydrogens (tertiary/aromatic N) is 3. The summed E-state index contributed by atoms with van der Waals surface area (Å²) in [6.07, 6.45) is 1.10. The number of tetrazole rings is 1. The fourth-order valence-corrected chi connectivity index (χ4v) is 3.63. The number of hydrogen-bond donors (Lipinski definition) is 2. The quantitative estimate of drug-likeness (QED) is 0.424. The number of aliphatic hydroxyl groups excluding tert-OH is 1. The van der Waals surface area contributed by atoms with Crippen molar-refractivity contribution in [2.24, 2.45) is 0 Å². The Bertz CT molecular complexity index is 797. The number of hydrogen-bond acceptors (Lipinski definition) is 7. The van der Waals surface area contributed by atoms with E-state index in [0.29, 0.717) is 4.88 Å². The molecule has 0 aliphatic rings. The molecule has 3 aromatic rings. The Hall–Kier alpha value is -2.45. The second-order valence-corrected chi connectivity index (χ2v) is 6.19. The summed E-state index contributed by atoms with van der Waals surface area (Å²) in [5, 5.41) is 24.5. The molecule has 3 rings (SSSR count). The van der Waals surface area contributed by atoms with Gasteiger partial charge in [0.05, 0.1) is 4.88 Å². The predicted molar refractivity (Wildman–Crippen MR) is 84.0 cm³/mol. The molecule has 6 nitrogen and oxygen atoms in total. The molecule has 2 aromatic heterocycles. The number of aromatic amines is 1. The van der Waals surface area contributed by atoms with Crippen LogP contribution in [0.2, 0.25) is 0 Å². The summed E-state index contributed by atoms with van der Waals surface area (Å²) in [6.45, 7) is 0. The predicted octanol–water partition coefficient (Wildman–Crippen LogP) is 3.19. The summed E-state index contributed by atoms with van der Waals surface area (Å²) in [4.78, 5) is 14.7. The van der Waals surface area contributed by atoms with Gasteiger partial charge in [-0.3, -0.25) is 4.79 Å². The Morgan fingerprint density at radius 1 is 1.27 bits per heavy atom. The average Bonchev–Trinajstić information content (AvgIpc) is 3.19. The number of nitrogens with one attached hydrogen (secondary N) is 1. The first-order valence-corrected chi connectivity index (χ1v) is 7.93. The maximum atomic E-state index is 12.3. The van der Waals surface area contributed by atoms with Crippen LogP contribution in [0.3, 0.4) is 0 Å². The van der Waals surface area contributed by atoms with Gasteiger partial charge in [0, 0.05) is 15.9 Å². The summed E-state index contributed by atoms with van der Waals surface area (Å²) >= 11 is 2.83.